The van der Waals surface area contributed by atoms with Crippen molar-refractivity contribution in [3.05, 3.63) is 12.2 Å². The van der Waals surface area contributed by atoms with Gasteiger partial charge in [-0.3, -0.25) is 4.79 Å². The number of esters is 1. The number of hydrogen-bond donors (Lipinski definition) is 1. The van der Waals surface area contributed by atoms with Crippen molar-refractivity contribution in [2.75, 3.05) is 21.2 Å². The fraction of sp³-hybridized carbons (Fsp3) is 0.429. The summed E-state index contributed by atoms with van der Waals surface area (Å²) >= 11 is 0. The van der Waals surface area contributed by atoms with E-state index in [0.717, 1.165) is 0 Å². The topological polar surface area (TPSA) is 55.4 Å². The highest BCUT2D eigenvalue weighted by Gasteiger charge is 2.01. The van der Waals surface area contributed by atoms with E-state index in [4.69, 9.17) is 0 Å². The number of ether oxygens (including phenoxy) is 1. The average Bonchev–Trinajstić information content (AvgIpc) is 2.03. The van der Waals surface area contributed by atoms with Crippen LogP contribution >= 0.6 is 0 Å². The molecule has 1 N–H and O–H groups in total. The zero-order chi connectivity index (χ0) is 9.28. The van der Waals surface area contributed by atoms with Crippen LogP contribution in [0.2, 0.25) is 0 Å². The fourth-order valence-electron chi connectivity index (χ4n) is 0.179. The smallest absolute Gasteiger partial charge is 0.340 e. The Labute approximate surface area is 66.2 Å². The van der Waals surface area contributed by atoms with E-state index < -0.39 is 5.97 Å². The van der Waals surface area contributed by atoms with Gasteiger partial charge in [-0.2, -0.15) is 0 Å². The second kappa shape index (κ2) is 8.84. The van der Waals surface area contributed by atoms with Crippen LogP contribution < -0.4 is 5.32 Å². The average molecular weight is 159 g/mol. The third kappa shape index (κ3) is 8.84. The van der Waals surface area contributed by atoms with Crippen molar-refractivity contribution in [2.24, 2.45) is 0 Å². The highest BCUT2D eigenvalue weighted by Crippen LogP contribution is 1.85. The molecule has 0 unspecified atom stereocenters. The Hall–Kier alpha value is -1.16. The zero-order valence-electron chi connectivity index (χ0n) is 7.01. The maximum Gasteiger partial charge on any atom is 0.340 e. The molecule has 0 aromatic heterocycles. The number of rotatable bonds is 2. The summed E-state index contributed by atoms with van der Waals surface area (Å²) in [6, 6.07) is 0. The molecule has 4 heteroatoms. The molecule has 0 rings (SSSR count). The van der Waals surface area contributed by atoms with Crippen LogP contribution in [0.5, 0.6) is 0 Å². The Balaban J connectivity index is 0. The van der Waals surface area contributed by atoms with Gasteiger partial charge < -0.3 is 10.1 Å². The van der Waals surface area contributed by atoms with Crippen molar-refractivity contribution in [3.63, 3.8) is 0 Å². The standard InChI is InChI=1S/C5H6O3.C2H7N/c1-4(3-6)5(7)8-2;1-3-2/h3H,1H2,2H3;3H,1-2H3. The molecule has 0 bridgehead atoms. The van der Waals surface area contributed by atoms with Gasteiger partial charge in [-0.1, -0.05) is 6.58 Å². The number of carbonyl (C=O) groups is 2. The number of carbonyl (C=O) groups excluding carboxylic acids is 2. The van der Waals surface area contributed by atoms with E-state index in [1.54, 1.807) is 0 Å². The second-order valence-corrected chi connectivity index (χ2v) is 1.63. The largest absolute Gasteiger partial charge is 0.465 e. The molecule has 0 aromatic rings. The maximum absolute atomic E-state index is 10.2. The number of methoxy groups -OCH3 is 1. The minimum atomic E-state index is -0.681. The molecular weight excluding hydrogens is 146 g/mol. The van der Waals surface area contributed by atoms with Crippen LogP contribution in [0.1, 0.15) is 0 Å². The number of nitrogens with one attached hydrogen (secondary N) is 1. The first kappa shape index (κ1) is 12.5. The van der Waals surface area contributed by atoms with Gasteiger partial charge in [0.05, 0.1) is 12.7 Å². The molecule has 0 atom stereocenters. The molecule has 64 valence electrons. The third-order valence-corrected chi connectivity index (χ3v) is 0.590. The monoisotopic (exact) mass is 159 g/mol. The van der Waals surface area contributed by atoms with Gasteiger partial charge in [0.1, 0.15) is 0 Å². The third-order valence-electron chi connectivity index (χ3n) is 0.590. The SMILES string of the molecule is C=C(C=O)C(=O)OC.CNC. The molecular formula is C7H13NO3. The van der Waals surface area contributed by atoms with Gasteiger partial charge in [0.25, 0.3) is 0 Å². The molecule has 0 aliphatic carbocycles. The van der Waals surface area contributed by atoms with Crippen LogP contribution in [0.4, 0.5) is 0 Å². The molecule has 0 fully saturated rings. The molecule has 4 nitrogen and oxygen atoms in total. The van der Waals surface area contributed by atoms with E-state index in [2.05, 4.69) is 16.6 Å². The van der Waals surface area contributed by atoms with Crippen molar-refractivity contribution in [2.45, 2.75) is 0 Å². The summed E-state index contributed by atoms with van der Waals surface area (Å²) in [7, 11) is 4.94. The van der Waals surface area contributed by atoms with Crippen LogP contribution in [0.25, 0.3) is 0 Å². The van der Waals surface area contributed by atoms with E-state index in [0.29, 0.717) is 6.29 Å². The highest BCUT2D eigenvalue weighted by molar-refractivity contribution is 6.06. The molecule has 0 heterocycles. The Morgan fingerprint density at radius 2 is 1.91 bits per heavy atom. The predicted octanol–water partition coefficient (Wildman–Crippen LogP) is -0.250. The lowest BCUT2D eigenvalue weighted by atomic mass is 10.3. The van der Waals surface area contributed by atoms with Crippen LogP contribution in [0.3, 0.4) is 0 Å². The summed E-state index contributed by atoms with van der Waals surface area (Å²) in [6.07, 6.45) is 0.353. The molecule has 0 radical (unpaired) electrons. The van der Waals surface area contributed by atoms with Gasteiger partial charge in [-0.05, 0) is 14.1 Å². The summed E-state index contributed by atoms with van der Waals surface area (Å²) in [5.74, 6) is -0.681. The van der Waals surface area contributed by atoms with Gasteiger partial charge in [0.15, 0.2) is 6.29 Å². The quantitative estimate of drug-likeness (QED) is 0.198. The lowest BCUT2D eigenvalue weighted by molar-refractivity contribution is -0.136. The second-order valence-electron chi connectivity index (χ2n) is 1.63. The summed E-state index contributed by atoms with van der Waals surface area (Å²) in [4.78, 5) is 19.9. The number of hydrogen-bond acceptors (Lipinski definition) is 4. The fourth-order valence-corrected chi connectivity index (χ4v) is 0.179. The summed E-state index contributed by atoms with van der Waals surface area (Å²) < 4.78 is 4.13. The molecule has 0 amide bonds. The van der Waals surface area contributed by atoms with Crippen LogP contribution in [0, 0.1) is 0 Å². The summed E-state index contributed by atoms with van der Waals surface area (Å²) in [6.45, 7) is 3.10. The van der Waals surface area contributed by atoms with Crippen LogP contribution in [-0.2, 0) is 14.3 Å². The van der Waals surface area contributed by atoms with Crippen molar-refractivity contribution in [1.82, 2.24) is 5.32 Å². The van der Waals surface area contributed by atoms with Crippen molar-refractivity contribution in [3.8, 4) is 0 Å². The summed E-state index contributed by atoms with van der Waals surface area (Å²) in [5, 5.41) is 2.75. The van der Waals surface area contributed by atoms with E-state index in [1.807, 2.05) is 14.1 Å². The van der Waals surface area contributed by atoms with Crippen molar-refractivity contribution in [1.29, 1.82) is 0 Å². The van der Waals surface area contributed by atoms with Crippen LogP contribution in [0.15, 0.2) is 12.2 Å². The van der Waals surface area contributed by atoms with Gasteiger partial charge in [0.2, 0.25) is 0 Å². The molecule has 0 spiro atoms. The van der Waals surface area contributed by atoms with Crippen molar-refractivity contribution < 1.29 is 14.3 Å². The molecule has 0 saturated carbocycles. The Morgan fingerprint density at radius 1 is 1.55 bits per heavy atom. The van der Waals surface area contributed by atoms with Gasteiger partial charge in [-0.15, -0.1) is 0 Å². The Bertz CT molecular complexity index is 143. The molecule has 0 aliphatic rings. The Kier molecular flexibility index (Phi) is 10.1. The molecule has 11 heavy (non-hydrogen) atoms. The molecule has 0 aliphatic heterocycles. The summed E-state index contributed by atoms with van der Waals surface area (Å²) in [5.41, 5.74) is -0.160. The first-order chi connectivity index (χ1) is 5.13. The van der Waals surface area contributed by atoms with E-state index in [9.17, 15) is 9.59 Å². The van der Waals surface area contributed by atoms with Crippen LogP contribution in [-0.4, -0.2) is 33.5 Å². The maximum atomic E-state index is 10.2. The van der Waals surface area contributed by atoms with E-state index in [1.165, 1.54) is 7.11 Å². The highest BCUT2D eigenvalue weighted by atomic mass is 16.5. The van der Waals surface area contributed by atoms with Gasteiger partial charge in [-0.25, -0.2) is 4.79 Å². The predicted molar refractivity (Wildman–Crippen MR) is 42.2 cm³/mol. The zero-order valence-corrected chi connectivity index (χ0v) is 7.01. The Morgan fingerprint density at radius 3 is 2.00 bits per heavy atom. The normalized spacial score (nSPS) is 7.18. The minimum Gasteiger partial charge on any atom is -0.465 e. The first-order valence-corrected chi connectivity index (χ1v) is 2.94. The minimum absolute atomic E-state index is 0.160. The van der Waals surface area contributed by atoms with Crippen molar-refractivity contribution >= 4 is 12.3 Å². The van der Waals surface area contributed by atoms with Gasteiger partial charge in [0, 0.05) is 0 Å². The van der Waals surface area contributed by atoms with E-state index in [-0.39, 0.29) is 5.57 Å². The molecule has 0 saturated heterocycles. The lowest BCUT2D eigenvalue weighted by Crippen LogP contribution is -2.03. The first-order valence-electron chi connectivity index (χ1n) is 2.94. The van der Waals surface area contributed by atoms with E-state index >= 15 is 0 Å². The lowest BCUT2D eigenvalue weighted by Gasteiger charge is -1.90. The van der Waals surface area contributed by atoms with Gasteiger partial charge >= 0.3 is 5.97 Å². The molecule has 0 aromatic carbocycles. The number of aldehydes is 1.